The van der Waals surface area contributed by atoms with E-state index in [0.717, 1.165) is 50.1 Å². The lowest BCUT2D eigenvalue weighted by atomic mass is 10.2. The molecule has 0 spiro atoms. The van der Waals surface area contributed by atoms with Gasteiger partial charge in [0, 0.05) is 26.1 Å². The molecule has 112 valence electrons. The molecule has 1 aliphatic rings. The van der Waals surface area contributed by atoms with Crippen molar-refractivity contribution in [3.63, 3.8) is 0 Å². The van der Waals surface area contributed by atoms with Gasteiger partial charge in [0.15, 0.2) is 11.8 Å². The molecule has 20 heavy (non-hydrogen) atoms. The summed E-state index contributed by atoms with van der Waals surface area (Å²) in [6.45, 7) is 7.65. The molecule has 0 aliphatic carbocycles. The average molecular weight is 278 g/mol. The van der Waals surface area contributed by atoms with Crippen LogP contribution in [-0.4, -0.2) is 33.8 Å². The molecule has 2 heterocycles. The molecular formula is C14H26N6. The number of hydrogen-bond donors (Lipinski definition) is 2. The Labute approximate surface area is 121 Å². The van der Waals surface area contributed by atoms with Gasteiger partial charge in [0.2, 0.25) is 0 Å². The quantitative estimate of drug-likeness (QED) is 0.632. The van der Waals surface area contributed by atoms with E-state index in [9.17, 15) is 0 Å². The van der Waals surface area contributed by atoms with E-state index in [1.165, 1.54) is 19.3 Å². The molecular weight excluding hydrogens is 252 g/mol. The Balaban J connectivity index is 2.02. The summed E-state index contributed by atoms with van der Waals surface area (Å²) in [7, 11) is 0. The van der Waals surface area contributed by atoms with E-state index in [-0.39, 0.29) is 0 Å². The monoisotopic (exact) mass is 278 g/mol. The van der Waals surface area contributed by atoms with Crippen molar-refractivity contribution in [2.45, 2.75) is 59.0 Å². The van der Waals surface area contributed by atoms with Gasteiger partial charge in [-0.25, -0.2) is 4.99 Å². The van der Waals surface area contributed by atoms with Crippen molar-refractivity contribution in [3.05, 3.63) is 11.6 Å². The van der Waals surface area contributed by atoms with E-state index < -0.39 is 0 Å². The molecule has 1 aromatic heterocycles. The number of nitrogens with one attached hydrogen (secondary N) is 2. The molecule has 0 fully saturated rings. The number of fused-ring (bicyclic) bond motifs is 1. The molecule has 0 atom stereocenters. The van der Waals surface area contributed by atoms with Crippen LogP contribution in [0.4, 0.5) is 0 Å². The SMILES string of the molecule is CCCNC(=NCc1nnc2n1CCCCC2)NCC. The average Bonchev–Trinajstić information content (AvgIpc) is 2.69. The van der Waals surface area contributed by atoms with Crippen molar-refractivity contribution in [1.82, 2.24) is 25.4 Å². The summed E-state index contributed by atoms with van der Waals surface area (Å²) in [5.74, 6) is 2.97. The molecule has 1 aliphatic heterocycles. The Bertz CT molecular complexity index is 437. The molecule has 6 nitrogen and oxygen atoms in total. The zero-order chi connectivity index (χ0) is 14.2. The van der Waals surface area contributed by atoms with E-state index in [1.807, 2.05) is 0 Å². The minimum atomic E-state index is 0.589. The Kier molecular flexibility index (Phi) is 5.83. The topological polar surface area (TPSA) is 67.1 Å². The van der Waals surface area contributed by atoms with Crippen LogP contribution < -0.4 is 10.6 Å². The van der Waals surface area contributed by atoms with Crippen LogP contribution in [0.3, 0.4) is 0 Å². The Morgan fingerprint density at radius 3 is 2.90 bits per heavy atom. The maximum absolute atomic E-state index is 4.60. The van der Waals surface area contributed by atoms with Gasteiger partial charge < -0.3 is 15.2 Å². The van der Waals surface area contributed by atoms with Gasteiger partial charge in [0.25, 0.3) is 0 Å². The fraction of sp³-hybridized carbons (Fsp3) is 0.786. The van der Waals surface area contributed by atoms with Gasteiger partial charge in [-0.3, -0.25) is 0 Å². The van der Waals surface area contributed by atoms with Crippen molar-refractivity contribution < 1.29 is 0 Å². The fourth-order valence-corrected chi connectivity index (χ4v) is 2.40. The zero-order valence-corrected chi connectivity index (χ0v) is 12.7. The van der Waals surface area contributed by atoms with Gasteiger partial charge in [-0.2, -0.15) is 0 Å². The highest BCUT2D eigenvalue weighted by molar-refractivity contribution is 5.79. The summed E-state index contributed by atoms with van der Waals surface area (Å²) in [5, 5.41) is 15.2. The Morgan fingerprint density at radius 2 is 2.10 bits per heavy atom. The summed E-state index contributed by atoms with van der Waals surface area (Å²) in [4.78, 5) is 4.60. The summed E-state index contributed by atoms with van der Waals surface area (Å²) in [6, 6.07) is 0. The molecule has 0 saturated carbocycles. The highest BCUT2D eigenvalue weighted by atomic mass is 15.3. The lowest BCUT2D eigenvalue weighted by Crippen LogP contribution is -2.37. The Morgan fingerprint density at radius 1 is 1.20 bits per heavy atom. The van der Waals surface area contributed by atoms with Crippen molar-refractivity contribution >= 4 is 5.96 Å². The molecule has 0 aromatic carbocycles. The smallest absolute Gasteiger partial charge is 0.191 e. The van der Waals surface area contributed by atoms with Crippen molar-refractivity contribution in [2.24, 2.45) is 4.99 Å². The minimum Gasteiger partial charge on any atom is -0.357 e. The minimum absolute atomic E-state index is 0.589. The molecule has 6 heteroatoms. The lowest BCUT2D eigenvalue weighted by molar-refractivity contribution is 0.605. The highest BCUT2D eigenvalue weighted by Crippen LogP contribution is 2.14. The predicted molar refractivity (Wildman–Crippen MR) is 80.7 cm³/mol. The first-order valence-electron chi connectivity index (χ1n) is 7.78. The first-order valence-corrected chi connectivity index (χ1v) is 7.78. The van der Waals surface area contributed by atoms with Crippen molar-refractivity contribution in [2.75, 3.05) is 13.1 Å². The fourth-order valence-electron chi connectivity index (χ4n) is 2.40. The van der Waals surface area contributed by atoms with Gasteiger partial charge in [0.05, 0.1) is 0 Å². The van der Waals surface area contributed by atoms with Crippen molar-refractivity contribution in [3.8, 4) is 0 Å². The molecule has 0 amide bonds. The van der Waals surface area contributed by atoms with Crippen LogP contribution in [0.5, 0.6) is 0 Å². The number of aromatic nitrogens is 3. The molecule has 1 aromatic rings. The van der Waals surface area contributed by atoms with Gasteiger partial charge in [0.1, 0.15) is 12.4 Å². The third-order valence-electron chi connectivity index (χ3n) is 3.45. The summed E-state index contributed by atoms with van der Waals surface area (Å²) in [6.07, 6.45) is 5.86. The molecule has 2 rings (SSSR count). The van der Waals surface area contributed by atoms with E-state index in [1.54, 1.807) is 0 Å². The second kappa shape index (κ2) is 7.87. The van der Waals surface area contributed by atoms with E-state index in [0.29, 0.717) is 6.54 Å². The predicted octanol–water partition coefficient (Wildman–Crippen LogP) is 1.47. The first kappa shape index (κ1) is 14.8. The van der Waals surface area contributed by atoms with Crippen LogP contribution in [0.15, 0.2) is 4.99 Å². The number of hydrogen-bond acceptors (Lipinski definition) is 3. The standard InChI is InChI=1S/C14H26N6/c1-3-9-16-14(15-4-2)17-11-13-19-18-12-8-6-5-7-10-20(12)13/h3-11H2,1-2H3,(H2,15,16,17). The van der Waals surface area contributed by atoms with Gasteiger partial charge in [-0.1, -0.05) is 13.3 Å². The largest absolute Gasteiger partial charge is 0.357 e. The summed E-state index contributed by atoms with van der Waals surface area (Å²) >= 11 is 0. The normalized spacial score (nSPS) is 15.6. The zero-order valence-electron chi connectivity index (χ0n) is 12.7. The summed E-state index contributed by atoms with van der Waals surface area (Å²) < 4.78 is 2.25. The number of nitrogens with zero attached hydrogens (tertiary/aromatic N) is 4. The van der Waals surface area contributed by atoms with Crippen LogP contribution in [0.25, 0.3) is 0 Å². The van der Waals surface area contributed by atoms with Crippen LogP contribution in [0, 0.1) is 0 Å². The lowest BCUT2D eigenvalue weighted by Gasteiger charge is -2.10. The van der Waals surface area contributed by atoms with Crippen molar-refractivity contribution in [1.29, 1.82) is 0 Å². The van der Waals surface area contributed by atoms with Crippen LogP contribution in [0.1, 0.15) is 51.2 Å². The maximum Gasteiger partial charge on any atom is 0.191 e. The van der Waals surface area contributed by atoms with E-state index >= 15 is 0 Å². The first-order chi connectivity index (χ1) is 9.85. The number of aliphatic imine (C=N–C) groups is 1. The number of rotatable bonds is 5. The molecule has 2 N–H and O–H groups in total. The van der Waals surface area contributed by atoms with Gasteiger partial charge >= 0.3 is 0 Å². The second-order valence-electron chi connectivity index (χ2n) is 5.12. The van der Waals surface area contributed by atoms with E-state index in [2.05, 4.69) is 44.2 Å². The van der Waals surface area contributed by atoms with Crippen LogP contribution in [0.2, 0.25) is 0 Å². The second-order valence-corrected chi connectivity index (χ2v) is 5.12. The number of guanidine groups is 1. The third kappa shape index (κ3) is 3.95. The van der Waals surface area contributed by atoms with Crippen LogP contribution in [-0.2, 0) is 19.5 Å². The number of aryl methyl sites for hydroxylation is 1. The molecule has 0 radical (unpaired) electrons. The molecule has 0 unspecified atom stereocenters. The highest BCUT2D eigenvalue weighted by Gasteiger charge is 2.14. The summed E-state index contributed by atoms with van der Waals surface area (Å²) in [5.41, 5.74) is 0. The Hall–Kier alpha value is -1.59. The molecule has 0 bridgehead atoms. The van der Waals surface area contributed by atoms with E-state index in [4.69, 9.17) is 0 Å². The van der Waals surface area contributed by atoms with Gasteiger partial charge in [-0.05, 0) is 26.2 Å². The van der Waals surface area contributed by atoms with Gasteiger partial charge in [-0.15, -0.1) is 10.2 Å². The third-order valence-corrected chi connectivity index (χ3v) is 3.45. The molecule has 0 saturated heterocycles. The van der Waals surface area contributed by atoms with Crippen LogP contribution >= 0.6 is 0 Å². The maximum atomic E-state index is 4.60.